The topological polar surface area (TPSA) is 169 Å². The third kappa shape index (κ3) is 40.7. The molecule has 0 spiro atoms. The van der Waals surface area contributed by atoms with Gasteiger partial charge in [-0.3, -0.25) is 18.6 Å². The lowest BCUT2D eigenvalue weighted by molar-refractivity contribution is -0.161. The fourth-order valence-corrected chi connectivity index (χ4v) is 6.89. The molecule has 4 atom stereocenters. The first-order valence-electron chi connectivity index (χ1n) is 22.4. The zero-order valence-electron chi connectivity index (χ0n) is 36.1. The van der Waals surface area contributed by atoms with Gasteiger partial charge in [0.1, 0.15) is 12.7 Å². The molecule has 0 radical (unpaired) electrons. The van der Waals surface area contributed by atoms with Gasteiger partial charge in [-0.2, -0.15) is 0 Å². The van der Waals surface area contributed by atoms with Crippen LogP contribution in [-0.2, 0) is 32.7 Å². The first-order chi connectivity index (χ1) is 27.5. The number of carbonyl (C=O) groups excluding carboxylic acids is 2. The average Bonchev–Trinajstić information content (AvgIpc) is 3.18. The Morgan fingerprint density at radius 3 is 1.68 bits per heavy atom. The van der Waals surface area contributed by atoms with Gasteiger partial charge in [0, 0.05) is 12.8 Å². The molecule has 4 N–H and O–H groups in total. The molecule has 0 rings (SSSR count). The lowest BCUT2D eigenvalue weighted by Gasteiger charge is -2.20. The number of carbonyl (C=O) groups is 2. The number of unbranched alkanes of at least 4 members (excludes halogenated alkanes) is 19. The number of phosphoric ester groups is 1. The van der Waals surface area contributed by atoms with E-state index >= 15 is 0 Å². The molecule has 0 saturated carbocycles. The summed E-state index contributed by atoms with van der Waals surface area (Å²) in [4.78, 5) is 35.0. The lowest BCUT2D eigenvalue weighted by atomic mass is 10.0. The van der Waals surface area contributed by atoms with Gasteiger partial charge in [0.2, 0.25) is 0 Å². The van der Waals surface area contributed by atoms with Gasteiger partial charge in [-0.25, -0.2) is 4.57 Å². The Hall–Kier alpha value is -1.85. The molecule has 2 unspecified atom stereocenters. The van der Waals surface area contributed by atoms with Crippen molar-refractivity contribution in [3.63, 3.8) is 0 Å². The third-order valence-corrected chi connectivity index (χ3v) is 10.5. The van der Waals surface area contributed by atoms with Crippen molar-refractivity contribution in [3.05, 3.63) is 36.5 Å². The highest BCUT2D eigenvalue weighted by molar-refractivity contribution is 7.47. The SMILES string of the molecule is CC/C=C/CC(O)/C=C/C=C/CCCCCCCC(=O)OC[C@H](COP(=O)(O)OC[C@@H](O)CO)OC(=O)CCCCCCCCCCCCCCCCCC(C)C. The van der Waals surface area contributed by atoms with Crippen LogP contribution >= 0.6 is 7.82 Å². The van der Waals surface area contributed by atoms with Crippen LogP contribution in [0.5, 0.6) is 0 Å². The van der Waals surface area contributed by atoms with E-state index in [4.69, 9.17) is 19.1 Å². The van der Waals surface area contributed by atoms with Crippen molar-refractivity contribution >= 4 is 19.8 Å². The first kappa shape index (κ1) is 55.2. The summed E-state index contributed by atoms with van der Waals surface area (Å²) in [5.74, 6) is -0.151. The minimum absolute atomic E-state index is 0.171. The first-order valence-corrected chi connectivity index (χ1v) is 23.9. The molecule has 12 heteroatoms. The number of hydrogen-bond donors (Lipinski definition) is 4. The van der Waals surface area contributed by atoms with Gasteiger partial charge in [0.15, 0.2) is 6.10 Å². The van der Waals surface area contributed by atoms with Gasteiger partial charge >= 0.3 is 19.8 Å². The van der Waals surface area contributed by atoms with Crippen LogP contribution in [-0.4, -0.2) is 76.9 Å². The molecule has 0 aliphatic heterocycles. The maximum atomic E-state index is 12.6. The van der Waals surface area contributed by atoms with E-state index in [2.05, 4.69) is 31.4 Å². The van der Waals surface area contributed by atoms with Gasteiger partial charge < -0.3 is 29.7 Å². The molecule has 0 heterocycles. The molecule has 0 amide bonds. The summed E-state index contributed by atoms with van der Waals surface area (Å²) in [6.45, 7) is 4.48. The number of allylic oxidation sites excluding steroid dienone is 4. The summed E-state index contributed by atoms with van der Waals surface area (Å²) in [6, 6.07) is 0. The molecule has 0 aliphatic rings. The molecule has 0 saturated heterocycles. The maximum absolute atomic E-state index is 12.6. The highest BCUT2D eigenvalue weighted by atomic mass is 31.2. The van der Waals surface area contributed by atoms with Gasteiger partial charge in [-0.15, -0.1) is 0 Å². The van der Waals surface area contributed by atoms with Gasteiger partial charge in [0.25, 0.3) is 0 Å². The van der Waals surface area contributed by atoms with E-state index in [9.17, 15) is 29.3 Å². The minimum Gasteiger partial charge on any atom is -0.462 e. The Morgan fingerprint density at radius 1 is 0.632 bits per heavy atom. The highest BCUT2D eigenvalue weighted by Gasteiger charge is 2.27. The molecule has 0 aromatic rings. The van der Waals surface area contributed by atoms with Crippen molar-refractivity contribution in [3.8, 4) is 0 Å². The van der Waals surface area contributed by atoms with Crippen LogP contribution in [0.4, 0.5) is 0 Å². The Morgan fingerprint density at radius 2 is 1.14 bits per heavy atom. The van der Waals surface area contributed by atoms with E-state index in [1.54, 1.807) is 6.08 Å². The van der Waals surface area contributed by atoms with Crippen molar-refractivity contribution < 1.29 is 52.9 Å². The maximum Gasteiger partial charge on any atom is 0.472 e. The number of hydrogen-bond acceptors (Lipinski definition) is 10. The van der Waals surface area contributed by atoms with Gasteiger partial charge in [-0.05, 0) is 44.4 Å². The fraction of sp³-hybridized carbons (Fsp3) is 0.822. The third-order valence-electron chi connectivity index (χ3n) is 9.57. The van der Waals surface area contributed by atoms with Crippen LogP contribution in [0.25, 0.3) is 0 Å². The van der Waals surface area contributed by atoms with Crippen molar-refractivity contribution in [1.82, 2.24) is 0 Å². The Balaban J connectivity index is 4.31. The monoisotopic (exact) mass is 831 g/mol. The van der Waals surface area contributed by atoms with E-state index in [-0.39, 0.29) is 19.4 Å². The molecule has 0 aromatic heterocycles. The summed E-state index contributed by atoms with van der Waals surface area (Å²) in [7, 11) is -4.63. The Kier molecular flexibility index (Phi) is 38.3. The van der Waals surface area contributed by atoms with Crippen LogP contribution in [0, 0.1) is 5.92 Å². The highest BCUT2D eigenvalue weighted by Crippen LogP contribution is 2.43. The summed E-state index contributed by atoms with van der Waals surface area (Å²) < 4.78 is 32.7. The molecule has 57 heavy (non-hydrogen) atoms. The molecule has 0 bridgehead atoms. The van der Waals surface area contributed by atoms with Crippen LogP contribution < -0.4 is 0 Å². The molecule has 0 fully saturated rings. The number of rotatable bonds is 41. The summed E-state index contributed by atoms with van der Waals surface area (Å²) in [5.41, 5.74) is 0. The van der Waals surface area contributed by atoms with Gasteiger partial charge in [-0.1, -0.05) is 173 Å². The number of aliphatic hydroxyl groups excluding tert-OH is 3. The number of phosphoric acid groups is 1. The van der Waals surface area contributed by atoms with Crippen molar-refractivity contribution in [2.45, 2.75) is 206 Å². The molecule has 0 aliphatic carbocycles. The summed E-state index contributed by atoms with van der Waals surface area (Å²) in [5, 5.41) is 28.2. The molecule has 334 valence electrons. The summed E-state index contributed by atoms with van der Waals surface area (Å²) >= 11 is 0. The number of esters is 2. The van der Waals surface area contributed by atoms with Crippen LogP contribution in [0.3, 0.4) is 0 Å². The second-order valence-electron chi connectivity index (χ2n) is 15.7. The average molecular weight is 831 g/mol. The molecule has 11 nitrogen and oxygen atoms in total. The second kappa shape index (κ2) is 39.6. The minimum atomic E-state index is -4.63. The van der Waals surface area contributed by atoms with E-state index in [0.717, 1.165) is 63.7 Å². The van der Waals surface area contributed by atoms with Crippen molar-refractivity contribution in [2.24, 2.45) is 5.92 Å². The van der Waals surface area contributed by atoms with E-state index < -0.39 is 57.9 Å². The number of aliphatic hydroxyl groups is 3. The standard InChI is InChI=1S/C45H83O11P/c1-4-5-26-32-41(47)33-28-23-19-15-13-17-20-24-29-34-44(49)53-38-43(39-55-57(51,52)54-37-42(48)36-46)56-45(50)35-30-25-21-16-12-10-8-6-7-9-11-14-18-22-27-31-40(2)3/h5,19,23,26,28,33,40-43,46-48H,4,6-18,20-22,24-25,27,29-32,34-39H2,1-3H3,(H,51,52)/b23-19+,26-5+,33-28+/t41?,42-,43+/m0/s1. The second-order valence-corrected chi connectivity index (χ2v) is 17.2. The van der Waals surface area contributed by atoms with E-state index in [1.807, 2.05) is 24.3 Å². The lowest BCUT2D eigenvalue weighted by Crippen LogP contribution is -2.29. The van der Waals surface area contributed by atoms with E-state index in [1.165, 1.54) is 77.0 Å². The molecular weight excluding hydrogens is 747 g/mol. The largest absolute Gasteiger partial charge is 0.472 e. The Bertz CT molecular complexity index is 1080. The van der Waals surface area contributed by atoms with Crippen LogP contribution in [0.2, 0.25) is 0 Å². The smallest absolute Gasteiger partial charge is 0.462 e. The van der Waals surface area contributed by atoms with Crippen LogP contribution in [0.15, 0.2) is 36.5 Å². The van der Waals surface area contributed by atoms with Crippen molar-refractivity contribution in [2.75, 3.05) is 26.4 Å². The van der Waals surface area contributed by atoms with Gasteiger partial charge in [0.05, 0.1) is 25.9 Å². The van der Waals surface area contributed by atoms with E-state index in [0.29, 0.717) is 19.3 Å². The quantitative estimate of drug-likeness (QED) is 0.0152. The predicted molar refractivity (Wildman–Crippen MR) is 230 cm³/mol. The zero-order valence-corrected chi connectivity index (χ0v) is 37.0. The van der Waals surface area contributed by atoms with Crippen molar-refractivity contribution in [1.29, 1.82) is 0 Å². The fourth-order valence-electron chi connectivity index (χ4n) is 6.10. The zero-order chi connectivity index (χ0) is 42.2. The summed E-state index contributed by atoms with van der Waals surface area (Å²) in [6.07, 6.45) is 35.9. The number of ether oxygens (including phenoxy) is 2. The van der Waals surface area contributed by atoms with Crippen LogP contribution in [0.1, 0.15) is 188 Å². The molecule has 0 aromatic carbocycles. The molecular formula is C45H83O11P. The Labute approximate surface area is 346 Å². The predicted octanol–water partition coefficient (Wildman–Crippen LogP) is 10.8. The normalized spacial score (nSPS) is 14.8.